The molecule has 2 aromatic rings. The van der Waals surface area contributed by atoms with Gasteiger partial charge in [0.2, 0.25) is 0 Å². The third-order valence-electron chi connectivity index (χ3n) is 5.02. The fourth-order valence-corrected chi connectivity index (χ4v) is 4.03. The van der Waals surface area contributed by atoms with Crippen LogP contribution in [0.5, 0.6) is 0 Å². The van der Waals surface area contributed by atoms with E-state index in [1.54, 1.807) is 0 Å². The molecule has 0 aliphatic carbocycles. The molecule has 2 aliphatic rings. The first kappa shape index (κ1) is 19.3. The molecule has 2 heteroatoms. The fourth-order valence-electron chi connectivity index (χ4n) is 4.03. The maximum absolute atomic E-state index is 3.52. The zero-order valence-electron chi connectivity index (χ0n) is 17.7. The van der Waals surface area contributed by atoms with Crippen LogP contribution in [0.4, 0.5) is 11.4 Å². The summed E-state index contributed by atoms with van der Waals surface area (Å²) in [5.74, 6) is 0. The predicted octanol–water partition coefficient (Wildman–Crippen LogP) is 6.90. The van der Waals surface area contributed by atoms with E-state index in [0.29, 0.717) is 0 Å². The average molecular weight is 361 g/mol. The normalized spacial score (nSPS) is 18.3. The largest absolute Gasteiger partial charge is 0.376 e. The molecule has 2 N–H and O–H groups in total. The van der Waals surface area contributed by atoms with Crippen LogP contribution in [0.2, 0.25) is 0 Å². The Balaban J connectivity index is 0.000000156. The van der Waals surface area contributed by atoms with E-state index in [-0.39, 0.29) is 11.1 Å². The van der Waals surface area contributed by atoms with Gasteiger partial charge in [0.05, 0.1) is 11.1 Å². The standard InChI is InChI=1S/C13H17N.C12H15N/c1-9-5-6-12-11(7-9)10(2)8-13(3,4)14-12;1-9-8-12(2,3)13-11-7-5-4-6-10(9)11/h5-8,14H,1-4H3;4-8,13H,1-3H3. The van der Waals surface area contributed by atoms with Crippen LogP contribution >= 0.6 is 0 Å². The van der Waals surface area contributed by atoms with Gasteiger partial charge < -0.3 is 10.6 Å². The van der Waals surface area contributed by atoms with Crippen molar-refractivity contribution in [1.82, 2.24) is 0 Å². The Morgan fingerprint density at radius 1 is 0.630 bits per heavy atom. The molecular weight excluding hydrogens is 328 g/mol. The van der Waals surface area contributed by atoms with Crippen LogP contribution in [0.25, 0.3) is 11.1 Å². The molecule has 0 saturated carbocycles. The molecule has 0 aromatic heterocycles. The van der Waals surface area contributed by atoms with Gasteiger partial charge in [-0.1, -0.05) is 42.0 Å². The lowest BCUT2D eigenvalue weighted by atomic mass is 9.90. The first-order valence-electron chi connectivity index (χ1n) is 9.72. The Morgan fingerprint density at radius 2 is 1.15 bits per heavy atom. The van der Waals surface area contributed by atoms with Crippen LogP contribution in [0, 0.1) is 6.92 Å². The third-order valence-corrected chi connectivity index (χ3v) is 5.02. The summed E-state index contributed by atoms with van der Waals surface area (Å²) in [5.41, 5.74) is 9.36. The van der Waals surface area contributed by atoms with Crippen molar-refractivity contribution in [2.24, 2.45) is 0 Å². The van der Waals surface area contributed by atoms with Gasteiger partial charge in [0.25, 0.3) is 0 Å². The number of nitrogens with one attached hydrogen (secondary N) is 2. The Kier molecular flexibility index (Phi) is 4.94. The molecule has 0 atom stereocenters. The van der Waals surface area contributed by atoms with Gasteiger partial charge in [0.1, 0.15) is 0 Å². The monoisotopic (exact) mass is 360 g/mol. The molecule has 27 heavy (non-hydrogen) atoms. The maximum Gasteiger partial charge on any atom is 0.0505 e. The number of allylic oxidation sites excluding steroid dienone is 2. The number of rotatable bonds is 0. The summed E-state index contributed by atoms with van der Waals surface area (Å²) >= 11 is 0. The number of benzene rings is 2. The molecule has 2 nitrogen and oxygen atoms in total. The molecule has 0 radical (unpaired) electrons. The number of hydrogen-bond acceptors (Lipinski definition) is 2. The van der Waals surface area contributed by atoms with E-state index in [0.717, 1.165) is 0 Å². The molecule has 4 rings (SSSR count). The lowest BCUT2D eigenvalue weighted by molar-refractivity contribution is 0.707. The highest BCUT2D eigenvalue weighted by Gasteiger charge is 2.22. The molecule has 0 amide bonds. The second-order valence-electron chi connectivity index (χ2n) is 8.94. The minimum atomic E-state index is 0.0757. The Hall–Kier alpha value is -2.48. The number of anilines is 2. The summed E-state index contributed by atoms with van der Waals surface area (Å²) in [6.45, 7) is 15.2. The van der Waals surface area contributed by atoms with Gasteiger partial charge in [-0.05, 0) is 77.8 Å². The van der Waals surface area contributed by atoms with E-state index in [4.69, 9.17) is 0 Å². The van der Waals surface area contributed by atoms with Crippen molar-refractivity contribution in [3.05, 3.63) is 71.3 Å². The number of aryl methyl sites for hydroxylation is 1. The zero-order chi connectivity index (χ0) is 19.8. The van der Waals surface area contributed by atoms with E-state index in [2.05, 4.69) is 114 Å². The summed E-state index contributed by atoms with van der Waals surface area (Å²) in [4.78, 5) is 0. The smallest absolute Gasteiger partial charge is 0.0505 e. The van der Waals surface area contributed by atoms with Crippen LogP contribution < -0.4 is 10.6 Å². The molecule has 2 heterocycles. The van der Waals surface area contributed by atoms with E-state index >= 15 is 0 Å². The Labute approximate surface area is 164 Å². The fraction of sp³-hybridized carbons (Fsp3) is 0.360. The lowest BCUT2D eigenvalue weighted by Gasteiger charge is -2.31. The summed E-state index contributed by atoms with van der Waals surface area (Å²) < 4.78 is 0. The van der Waals surface area contributed by atoms with E-state index in [1.165, 1.54) is 39.2 Å². The van der Waals surface area contributed by atoms with E-state index in [1.807, 2.05) is 0 Å². The zero-order valence-corrected chi connectivity index (χ0v) is 17.7. The molecule has 142 valence electrons. The summed E-state index contributed by atoms with van der Waals surface area (Å²) in [7, 11) is 0. The van der Waals surface area contributed by atoms with Crippen LogP contribution in [-0.4, -0.2) is 11.1 Å². The molecule has 0 unspecified atom stereocenters. The van der Waals surface area contributed by atoms with E-state index in [9.17, 15) is 0 Å². The van der Waals surface area contributed by atoms with Crippen molar-refractivity contribution in [3.8, 4) is 0 Å². The number of fused-ring (bicyclic) bond motifs is 2. The highest BCUT2D eigenvalue weighted by atomic mass is 15.0. The first-order chi connectivity index (χ1) is 12.6. The molecule has 0 saturated heterocycles. The van der Waals surface area contributed by atoms with Crippen LogP contribution in [-0.2, 0) is 0 Å². The second kappa shape index (κ2) is 6.92. The molecule has 2 aliphatic heterocycles. The van der Waals surface area contributed by atoms with Crippen molar-refractivity contribution in [2.75, 3.05) is 10.6 Å². The molecule has 0 bridgehead atoms. The van der Waals surface area contributed by atoms with Gasteiger partial charge in [0.15, 0.2) is 0 Å². The first-order valence-corrected chi connectivity index (χ1v) is 9.72. The molecule has 0 spiro atoms. The van der Waals surface area contributed by atoms with Crippen molar-refractivity contribution < 1.29 is 0 Å². The minimum absolute atomic E-state index is 0.0757. The van der Waals surface area contributed by atoms with Gasteiger partial charge in [-0.3, -0.25) is 0 Å². The lowest BCUT2D eigenvalue weighted by Crippen LogP contribution is -2.31. The molecular formula is C25H32N2. The Bertz CT molecular complexity index is 914. The van der Waals surface area contributed by atoms with Crippen molar-refractivity contribution in [1.29, 1.82) is 0 Å². The third kappa shape index (κ3) is 4.44. The number of hydrogen-bond donors (Lipinski definition) is 2. The van der Waals surface area contributed by atoms with Crippen molar-refractivity contribution in [2.45, 2.75) is 59.5 Å². The SMILES string of the molecule is CC1=CC(C)(C)Nc2ccc(C)cc21.CC1=CC(C)(C)Nc2ccccc21. The van der Waals surface area contributed by atoms with Crippen LogP contribution in [0.3, 0.4) is 0 Å². The second-order valence-corrected chi connectivity index (χ2v) is 8.94. The minimum Gasteiger partial charge on any atom is -0.376 e. The van der Waals surface area contributed by atoms with Gasteiger partial charge in [-0.2, -0.15) is 0 Å². The highest BCUT2D eigenvalue weighted by molar-refractivity contribution is 5.81. The van der Waals surface area contributed by atoms with Gasteiger partial charge in [0, 0.05) is 22.5 Å². The van der Waals surface area contributed by atoms with Gasteiger partial charge in [-0.15, -0.1) is 0 Å². The molecule has 0 fully saturated rings. The van der Waals surface area contributed by atoms with Crippen LogP contribution in [0.15, 0.2) is 54.6 Å². The predicted molar refractivity (Wildman–Crippen MR) is 120 cm³/mol. The van der Waals surface area contributed by atoms with E-state index < -0.39 is 0 Å². The van der Waals surface area contributed by atoms with Crippen LogP contribution in [0.1, 0.15) is 58.2 Å². The molecule has 2 aromatic carbocycles. The Morgan fingerprint density at radius 3 is 1.78 bits per heavy atom. The summed E-state index contributed by atoms with van der Waals surface area (Å²) in [5, 5.41) is 7.01. The average Bonchev–Trinajstić information content (AvgIpc) is 2.54. The van der Waals surface area contributed by atoms with Crippen molar-refractivity contribution >= 4 is 22.5 Å². The summed E-state index contributed by atoms with van der Waals surface area (Å²) in [6, 6.07) is 15.0. The van der Waals surface area contributed by atoms with Gasteiger partial charge in [-0.25, -0.2) is 0 Å². The summed E-state index contributed by atoms with van der Waals surface area (Å²) in [6.07, 6.45) is 4.56. The van der Waals surface area contributed by atoms with Gasteiger partial charge >= 0.3 is 0 Å². The quantitative estimate of drug-likeness (QED) is 0.534. The topological polar surface area (TPSA) is 24.1 Å². The number of para-hydroxylation sites is 1. The maximum atomic E-state index is 3.52. The highest BCUT2D eigenvalue weighted by Crippen LogP contribution is 2.34. The van der Waals surface area contributed by atoms with Crippen molar-refractivity contribution in [3.63, 3.8) is 0 Å².